The van der Waals surface area contributed by atoms with Gasteiger partial charge in [-0.2, -0.15) is 0 Å². The Morgan fingerprint density at radius 2 is 1.79 bits per heavy atom. The number of carbonyl (C=O) groups excluding carboxylic acids is 1. The van der Waals surface area contributed by atoms with Crippen molar-refractivity contribution in [3.05, 3.63) is 65.6 Å². The van der Waals surface area contributed by atoms with Gasteiger partial charge in [-0.15, -0.1) is 11.3 Å². The number of amides is 1. The molecule has 28 heavy (non-hydrogen) atoms. The zero-order chi connectivity index (χ0) is 20.1. The van der Waals surface area contributed by atoms with E-state index in [1.807, 2.05) is 29.6 Å². The number of anilines is 1. The van der Waals surface area contributed by atoms with E-state index in [1.165, 1.54) is 29.5 Å². The molecule has 0 aliphatic carbocycles. The van der Waals surface area contributed by atoms with Gasteiger partial charge in [-0.3, -0.25) is 10.1 Å². The van der Waals surface area contributed by atoms with E-state index in [4.69, 9.17) is 4.74 Å². The maximum Gasteiger partial charge on any atom is 0.250 e. The maximum atomic E-state index is 12.1. The fourth-order valence-corrected chi connectivity index (χ4v) is 3.72. The Hall–Kier alpha value is -2.97. The van der Waals surface area contributed by atoms with Crippen LogP contribution in [0.25, 0.3) is 17.3 Å². The molecule has 0 unspecified atom stereocenters. The molecule has 0 aliphatic rings. The van der Waals surface area contributed by atoms with Crippen molar-refractivity contribution >= 4 is 38.3 Å². The van der Waals surface area contributed by atoms with Crippen LogP contribution in [-0.2, 0) is 14.6 Å². The van der Waals surface area contributed by atoms with Gasteiger partial charge in [0.2, 0.25) is 5.91 Å². The summed E-state index contributed by atoms with van der Waals surface area (Å²) in [7, 11) is -1.62. The molecule has 0 fully saturated rings. The van der Waals surface area contributed by atoms with Crippen LogP contribution in [0.15, 0.2) is 64.9 Å². The largest absolute Gasteiger partial charge is 0.497 e. The molecule has 1 amide bonds. The third-order valence-electron chi connectivity index (χ3n) is 3.86. The van der Waals surface area contributed by atoms with Gasteiger partial charge in [0.25, 0.3) is 0 Å². The van der Waals surface area contributed by atoms with Crippen LogP contribution < -0.4 is 10.1 Å². The van der Waals surface area contributed by atoms with Crippen molar-refractivity contribution in [2.24, 2.45) is 0 Å². The summed E-state index contributed by atoms with van der Waals surface area (Å²) >= 11 is 1.33. The van der Waals surface area contributed by atoms with Crippen molar-refractivity contribution in [3.63, 3.8) is 0 Å². The number of carbonyl (C=O) groups is 1. The number of nitrogens with zero attached hydrogens (tertiary/aromatic N) is 1. The van der Waals surface area contributed by atoms with Gasteiger partial charge in [-0.25, -0.2) is 13.4 Å². The third-order valence-corrected chi connectivity index (χ3v) is 5.74. The molecule has 3 rings (SSSR count). The number of benzene rings is 2. The quantitative estimate of drug-likeness (QED) is 0.619. The highest BCUT2D eigenvalue weighted by Crippen LogP contribution is 2.26. The lowest BCUT2D eigenvalue weighted by Gasteiger charge is -2.01. The molecule has 0 bridgehead atoms. The van der Waals surface area contributed by atoms with E-state index in [9.17, 15) is 13.2 Å². The fourth-order valence-electron chi connectivity index (χ4n) is 2.37. The summed E-state index contributed by atoms with van der Waals surface area (Å²) in [5.41, 5.74) is 2.42. The number of ether oxygens (including phenoxy) is 1. The number of rotatable bonds is 6. The molecule has 0 saturated carbocycles. The van der Waals surface area contributed by atoms with Crippen molar-refractivity contribution in [2.45, 2.75) is 4.90 Å². The lowest BCUT2D eigenvalue weighted by atomic mass is 10.2. The summed E-state index contributed by atoms with van der Waals surface area (Å²) in [5, 5.41) is 5.08. The molecule has 1 N–H and O–H groups in total. The van der Waals surface area contributed by atoms with Crippen molar-refractivity contribution in [1.82, 2.24) is 4.98 Å². The minimum atomic E-state index is -3.23. The summed E-state index contributed by atoms with van der Waals surface area (Å²) in [5.74, 6) is 0.449. The summed E-state index contributed by atoms with van der Waals surface area (Å²) in [6.45, 7) is 0. The SMILES string of the molecule is COc1ccc(-c2csc(NC(=O)/C=C/c3ccc(S(C)(=O)=O)cc3)n2)cc1. The molecule has 0 aliphatic heterocycles. The van der Waals surface area contributed by atoms with Crippen LogP contribution in [0.4, 0.5) is 5.13 Å². The molecular weight excluding hydrogens is 396 g/mol. The Morgan fingerprint density at radius 1 is 1.11 bits per heavy atom. The van der Waals surface area contributed by atoms with Crippen LogP contribution in [-0.4, -0.2) is 32.7 Å². The van der Waals surface area contributed by atoms with E-state index >= 15 is 0 Å². The number of nitrogens with one attached hydrogen (secondary N) is 1. The third kappa shape index (κ3) is 5.05. The summed E-state index contributed by atoms with van der Waals surface area (Å²) in [4.78, 5) is 16.8. The highest BCUT2D eigenvalue weighted by molar-refractivity contribution is 7.90. The maximum absolute atomic E-state index is 12.1. The number of methoxy groups -OCH3 is 1. The second-order valence-electron chi connectivity index (χ2n) is 5.93. The van der Waals surface area contributed by atoms with Gasteiger partial charge in [-0.1, -0.05) is 12.1 Å². The van der Waals surface area contributed by atoms with Crippen LogP contribution in [0.2, 0.25) is 0 Å². The molecule has 0 radical (unpaired) electrons. The van der Waals surface area contributed by atoms with Gasteiger partial charge in [-0.05, 0) is 48.0 Å². The molecule has 144 valence electrons. The van der Waals surface area contributed by atoms with Crippen LogP contribution in [0, 0.1) is 0 Å². The molecule has 1 heterocycles. The van der Waals surface area contributed by atoms with E-state index in [1.54, 1.807) is 25.3 Å². The average Bonchev–Trinajstić information content (AvgIpc) is 3.14. The highest BCUT2D eigenvalue weighted by atomic mass is 32.2. The van der Waals surface area contributed by atoms with Gasteiger partial charge in [0.1, 0.15) is 5.75 Å². The smallest absolute Gasteiger partial charge is 0.250 e. The molecule has 0 atom stereocenters. The van der Waals surface area contributed by atoms with Crippen molar-refractivity contribution < 1.29 is 17.9 Å². The van der Waals surface area contributed by atoms with Crippen molar-refractivity contribution in [1.29, 1.82) is 0 Å². The van der Waals surface area contributed by atoms with E-state index in [0.29, 0.717) is 5.13 Å². The molecule has 0 spiro atoms. The average molecular weight is 415 g/mol. The zero-order valence-corrected chi connectivity index (χ0v) is 16.9. The highest BCUT2D eigenvalue weighted by Gasteiger charge is 2.08. The second kappa shape index (κ2) is 8.37. The first-order valence-corrected chi connectivity index (χ1v) is 11.0. The van der Waals surface area contributed by atoms with E-state index < -0.39 is 9.84 Å². The Bertz CT molecular complexity index is 1100. The van der Waals surface area contributed by atoms with Crippen LogP contribution in [0.3, 0.4) is 0 Å². The number of hydrogen-bond acceptors (Lipinski definition) is 6. The molecule has 1 aromatic heterocycles. The lowest BCUT2D eigenvalue weighted by Crippen LogP contribution is -2.07. The van der Waals surface area contributed by atoms with Crippen molar-refractivity contribution in [3.8, 4) is 17.0 Å². The Morgan fingerprint density at radius 3 is 2.39 bits per heavy atom. The normalized spacial score (nSPS) is 11.5. The van der Waals surface area contributed by atoms with Crippen molar-refractivity contribution in [2.75, 3.05) is 18.7 Å². The van der Waals surface area contributed by atoms with Crippen LogP contribution in [0.5, 0.6) is 5.75 Å². The zero-order valence-electron chi connectivity index (χ0n) is 15.2. The molecule has 2 aromatic carbocycles. The predicted octanol–water partition coefficient (Wildman–Crippen LogP) is 3.87. The molecular formula is C20H18N2O4S2. The number of hydrogen-bond donors (Lipinski definition) is 1. The first-order valence-electron chi connectivity index (χ1n) is 8.24. The number of thiazole rings is 1. The van der Waals surface area contributed by atoms with E-state index in [2.05, 4.69) is 10.3 Å². The topological polar surface area (TPSA) is 85.4 Å². The summed E-state index contributed by atoms with van der Waals surface area (Å²) in [6.07, 6.45) is 4.14. The molecule has 6 nitrogen and oxygen atoms in total. The standard InChI is InChI=1S/C20H18N2O4S2/c1-26-16-8-6-15(7-9-16)18-13-27-20(21-18)22-19(23)12-5-14-3-10-17(11-4-14)28(2,24)25/h3-13H,1-2H3,(H,21,22,23)/b12-5+. The minimum absolute atomic E-state index is 0.239. The summed E-state index contributed by atoms with van der Waals surface area (Å²) < 4.78 is 28.0. The van der Waals surface area contributed by atoms with E-state index in [-0.39, 0.29) is 10.8 Å². The number of sulfone groups is 1. The molecule has 8 heteroatoms. The van der Waals surface area contributed by atoms with Gasteiger partial charge in [0, 0.05) is 23.3 Å². The monoisotopic (exact) mass is 414 g/mol. The Labute approximate surface area is 167 Å². The van der Waals surface area contributed by atoms with Gasteiger partial charge in [0.15, 0.2) is 15.0 Å². The van der Waals surface area contributed by atoms with Gasteiger partial charge in [0.05, 0.1) is 17.7 Å². The Balaban J connectivity index is 1.63. The summed E-state index contributed by atoms with van der Waals surface area (Å²) in [6, 6.07) is 13.8. The fraction of sp³-hybridized carbons (Fsp3) is 0.100. The van der Waals surface area contributed by atoms with E-state index in [0.717, 1.165) is 28.8 Å². The lowest BCUT2D eigenvalue weighted by molar-refractivity contribution is -0.111. The van der Waals surface area contributed by atoms with Gasteiger partial charge >= 0.3 is 0 Å². The minimum Gasteiger partial charge on any atom is -0.497 e. The number of aromatic nitrogens is 1. The predicted molar refractivity (Wildman–Crippen MR) is 111 cm³/mol. The Kier molecular flexibility index (Phi) is 5.91. The first kappa shape index (κ1) is 19.8. The van der Waals surface area contributed by atoms with Crippen LogP contribution >= 0.6 is 11.3 Å². The van der Waals surface area contributed by atoms with Crippen LogP contribution in [0.1, 0.15) is 5.56 Å². The molecule has 3 aromatic rings. The first-order chi connectivity index (χ1) is 13.3. The second-order valence-corrected chi connectivity index (χ2v) is 8.80. The van der Waals surface area contributed by atoms with Gasteiger partial charge < -0.3 is 4.74 Å². The molecule has 0 saturated heterocycles.